The summed E-state index contributed by atoms with van der Waals surface area (Å²) < 4.78 is 28.2. The fourth-order valence-electron chi connectivity index (χ4n) is 1.78. The van der Waals surface area contributed by atoms with E-state index < -0.39 is 18.5 Å². The number of carboxylic acid groups (broad SMARTS) is 1. The molecule has 0 spiro atoms. The van der Waals surface area contributed by atoms with Crippen LogP contribution in [0.25, 0.3) is 0 Å². The van der Waals surface area contributed by atoms with E-state index in [-0.39, 0.29) is 16.7 Å². The Morgan fingerprint density at radius 1 is 1.53 bits per heavy atom. The van der Waals surface area contributed by atoms with Crippen LogP contribution in [-0.2, 0) is 4.79 Å². The summed E-state index contributed by atoms with van der Waals surface area (Å²) in [7, 11) is 0. The van der Waals surface area contributed by atoms with Gasteiger partial charge in [0, 0.05) is 0 Å². The highest BCUT2D eigenvalue weighted by molar-refractivity contribution is 6.32. The summed E-state index contributed by atoms with van der Waals surface area (Å²) in [5.74, 6) is -1.42. The smallest absolute Gasteiger partial charge is 0.387 e. The number of alkyl halides is 2. The lowest BCUT2D eigenvalue weighted by Gasteiger charge is -2.07. The number of hydrogen-bond acceptors (Lipinski definition) is 2. The molecule has 0 saturated heterocycles. The summed E-state index contributed by atoms with van der Waals surface area (Å²) >= 11 is 5.77. The van der Waals surface area contributed by atoms with Crippen LogP contribution in [0.1, 0.15) is 17.9 Å². The Kier molecular flexibility index (Phi) is 3.19. The maximum atomic E-state index is 12.0. The lowest BCUT2D eigenvalue weighted by atomic mass is 10.1. The monoisotopic (exact) mass is 262 g/mol. The summed E-state index contributed by atoms with van der Waals surface area (Å²) in [6.07, 6.45) is 0.556. The number of carboxylic acids is 1. The highest BCUT2D eigenvalue weighted by Crippen LogP contribution is 2.48. The molecule has 0 radical (unpaired) electrons. The number of aliphatic carboxylic acids is 1. The van der Waals surface area contributed by atoms with Crippen LogP contribution < -0.4 is 4.74 Å². The third kappa shape index (κ3) is 2.66. The van der Waals surface area contributed by atoms with Crippen molar-refractivity contribution < 1.29 is 23.4 Å². The van der Waals surface area contributed by atoms with Gasteiger partial charge in [-0.2, -0.15) is 8.78 Å². The highest BCUT2D eigenvalue weighted by atomic mass is 35.5. The van der Waals surface area contributed by atoms with Crippen molar-refractivity contribution >= 4 is 17.6 Å². The van der Waals surface area contributed by atoms with Crippen molar-refractivity contribution in [2.75, 3.05) is 0 Å². The van der Waals surface area contributed by atoms with Crippen molar-refractivity contribution in [3.8, 4) is 5.75 Å². The second-order valence-electron chi connectivity index (χ2n) is 3.86. The van der Waals surface area contributed by atoms with Crippen molar-refractivity contribution in [3.05, 3.63) is 28.8 Å². The predicted molar refractivity (Wildman–Crippen MR) is 56.6 cm³/mol. The number of hydrogen-bond donors (Lipinski definition) is 1. The van der Waals surface area contributed by atoms with Crippen LogP contribution in [0.3, 0.4) is 0 Å². The predicted octanol–water partition coefficient (Wildman–Crippen LogP) is 3.13. The zero-order valence-corrected chi connectivity index (χ0v) is 9.32. The van der Waals surface area contributed by atoms with E-state index in [1.54, 1.807) is 6.07 Å². The largest absolute Gasteiger partial charge is 0.481 e. The van der Waals surface area contributed by atoms with Crippen LogP contribution in [0, 0.1) is 5.92 Å². The second-order valence-corrected chi connectivity index (χ2v) is 4.26. The molecule has 0 heterocycles. The SMILES string of the molecule is O=C(O)[C@@H]1C[C@H]1c1ccc(OC(F)F)c(Cl)c1. The third-order valence-corrected chi connectivity index (χ3v) is 3.00. The fraction of sp³-hybridized carbons (Fsp3) is 0.364. The third-order valence-electron chi connectivity index (χ3n) is 2.71. The van der Waals surface area contributed by atoms with Crippen molar-refractivity contribution in [3.63, 3.8) is 0 Å². The molecule has 0 bridgehead atoms. The van der Waals surface area contributed by atoms with E-state index in [1.807, 2.05) is 0 Å². The van der Waals surface area contributed by atoms with Crippen LogP contribution in [0.4, 0.5) is 8.78 Å². The average Bonchev–Trinajstić information content (AvgIpc) is 3.00. The Bertz CT molecular complexity index is 450. The van der Waals surface area contributed by atoms with Gasteiger partial charge in [0.25, 0.3) is 0 Å². The van der Waals surface area contributed by atoms with Gasteiger partial charge in [0.15, 0.2) is 0 Å². The molecule has 0 amide bonds. The summed E-state index contributed by atoms with van der Waals surface area (Å²) in [6.45, 7) is -2.92. The summed E-state index contributed by atoms with van der Waals surface area (Å²) in [5, 5.41) is 8.84. The summed E-state index contributed by atoms with van der Waals surface area (Å²) in [6, 6.07) is 4.38. The molecule has 1 saturated carbocycles. The first-order chi connectivity index (χ1) is 7.99. The molecule has 2 atom stereocenters. The molecule has 2 rings (SSSR count). The number of halogens is 3. The fourth-order valence-corrected chi connectivity index (χ4v) is 2.01. The molecular formula is C11H9ClF2O3. The molecule has 0 aromatic heterocycles. The van der Waals surface area contributed by atoms with Crippen LogP contribution in [0.5, 0.6) is 5.75 Å². The van der Waals surface area contributed by atoms with Crippen LogP contribution in [0.2, 0.25) is 5.02 Å². The van der Waals surface area contributed by atoms with Gasteiger partial charge in [-0.25, -0.2) is 0 Å². The lowest BCUT2D eigenvalue weighted by Crippen LogP contribution is -2.03. The Morgan fingerprint density at radius 3 is 2.71 bits per heavy atom. The van der Waals surface area contributed by atoms with E-state index in [9.17, 15) is 13.6 Å². The molecule has 1 aromatic rings. The van der Waals surface area contributed by atoms with Crippen molar-refractivity contribution in [1.29, 1.82) is 0 Å². The van der Waals surface area contributed by atoms with Gasteiger partial charge in [-0.05, 0) is 30.0 Å². The zero-order valence-electron chi connectivity index (χ0n) is 8.57. The van der Waals surface area contributed by atoms with Crippen LogP contribution >= 0.6 is 11.6 Å². The van der Waals surface area contributed by atoms with Crippen LogP contribution in [0.15, 0.2) is 18.2 Å². The maximum Gasteiger partial charge on any atom is 0.387 e. The minimum absolute atomic E-state index is 0.0684. The Morgan fingerprint density at radius 2 is 2.24 bits per heavy atom. The highest BCUT2D eigenvalue weighted by Gasteiger charge is 2.44. The minimum atomic E-state index is -2.92. The average molecular weight is 263 g/mol. The van der Waals surface area contributed by atoms with Crippen molar-refractivity contribution in [2.45, 2.75) is 19.0 Å². The number of carbonyl (C=O) groups is 1. The quantitative estimate of drug-likeness (QED) is 0.907. The summed E-state index contributed by atoms with van der Waals surface area (Å²) in [5.41, 5.74) is 0.740. The molecule has 0 unspecified atom stereocenters. The molecule has 1 N–H and O–H groups in total. The molecule has 1 aliphatic carbocycles. The maximum absolute atomic E-state index is 12.0. The molecule has 6 heteroatoms. The number of benzene rings is 1. The van der Waals surface area contributed by atoms with Crippen LogP contribution in [-0.4, -0.2) is 17.7 Å². The zero-order chi connectivity index (χ0) is 12.6. The van der Waals surface area contributed by atoms with Crippen molar-refractivity contribution in [1.82, 2.24) is 0 Å². The molecular weight excluding hydrogens is 254 g/mol. The van der Waals surface area contributed by atoms with Gasteiger partial charge in [0.2, 0.25) is 0 Å². The first-order valence-electron chi connectivity index (χ1n) is 4.96. The summed E-state index contributed by atoms with van der Waals surface area (Å²) in [4.78, 5) is 10.7. The van der Waals surface area contributed by atoms with E-state index in [0.29, 0.717) is 6.42 Å². The van der Waals surface area contributed by atoms with Gasteiger partial charge >= 0.3 is 12.6 Å². The van der Waals surface area contributed by atoms with E-state index in [4.69, 9.17) is 16.7 Å². The molecule has 17 heavy (non-hydrogen) atoms. The van der Waals surface area contributed by atoms with E-state index in [0.717, 1.165) is 5.56 Å². The number of rotatable bonds is 4. The Hall–Kier alpha value is -1.36. The molecule has 3 nitrogen and oxygen atoms in total. The normalized spacial score (nSPS) is 22.6. The van der Waals surface area contributed by atoms with Gasteiger partial charge in [-0.3, -0.25) is 4.79 Å². The molecule has 92 valence electrons. The van der Waals surface area contributed by atoms with E-state index >= 15 is 0 Å². The lowest BCUT2D eigenvalue weighted by molar-refractivity contribution is -0.138. The second kappa shape index (κ2) is 4.49. The molecule has 1 fully saturated rings. The first kappa shape index (κ1) is 12.1. The topological polar surface area (TPSA) is 46.5 Å². The minimum Gasteiger partial charge on any atom is -0.481 e. The number of ether oxygens (including phenoxy) is 1. The Labute approximate surface area is 101 Å². The molecule has 1 aromatic carbocycles. The van der Waals surface area contributed by atoms with E-state index in [2.05, 4.69) is 4.74 Å². The van der Waals surface area contributed by atoms with Gasteiger partial charge in [-0.15, -0.1) is 0 Å². The van der Waals surface area contributed by atoms with Crippen molar-refractivity contribution in [2.24, 2.45) is 5.92 Å². The molecule has 0 aliphatic heterocycles. The van der Waals surface area contributed by atoms with E-state index in [1.165, 1.54) is 12.1 Å². The standard InChI is InChI=1S/C11H9ClF2O3/c12-8-3-5(6-4-7(6)10(15)16)1-2-9(8)17-11(13)14/h1-3,6-7,11H,4H2,(H,15,16)/t6-,7+/m0/s1. The van der Waals surface area contributed by atoms with Gasteiger partial charge < -0.3 is 9.84 Å². The Balaban J connectivity index is 2.12. The van der Waals surface area contributed by atoms with Gasteiger partial charge in [0.05, 0.1) is 10.9 Å². The molecule has 1 aliphatic rings. The van der Waals surface area contributed by atoms with Gasteiger partial charge in [0.1, 0.15) is 5.75 Å². The first-order valence-corrected chi connectivity index (χ1v) is 5.34. The van der Waals surface area contributed by atoms with Gasteiger partial charge in [-0.1, -0.05) is 17.7 Å².